The molecule has 0 aliphatic heterocycles. The van der Waals surface area contributed by atoms with E-state index in [-0.39, 0.29) is 10.6 Å². The number of hydrogen-bond donors (Lipinski definition) is 1. The van der Waals surface area contributed by atoms with Gasteiger partial charge in [-0.2, -0.15) is 5.26 Å². The molecule has 1 heterocycles. The van der Waals surface area contributed by atoms with Crippen molar-refractivity contribution in [2.45, 2.75) is 6.92 Å². The number of allylic oxidation sites excluding steroid dienone is 1. The molecule has 0 spiro atoms. The van der Waals surface area contributed by atoms with Crippen LogP contribution < -0.4 is 9.46 Å². The van der Waals surface area contributed by atoms with Crippen LogP contribution in [-0.4, -0.2) is 8.42 Å². The Morgan fingerprint density at radius 2 is 1.78 bits per heavy atom. The van der Waals surface area contributed by atoms with E-state index in [1.54, 1.807) is 48.5 Å². The molecule has 1 N–H and O–H groups in total. The van der Waals surface area contributed by atoms with Crippen LogP contribution in [0.5, 0.6) is 11.5 Å². The lowest BCUT2D eigenvalue weighted by molar-refractivity contribution is 0.485. The van der Waals surface area contributed by atoms with E-state index in [1.165, 1.54) is 17.4 Å². The summed E-state index contributed by atoms with van der Waals surface area (Å²) in [7, 11) is -4.05. The molecule has 0 saturated heterocycles. The van der Waals surface area contributed by atoms with Gasteiger partial charge in [-0.15, -0.1) is 11.3 Å². The SMILES string of the molecule is Cc1ccc(/C=C(/C#N)S(=O)(=O)Nc2ccccc2Oc2ccccc2)s1. The molecule has 0 saturated carbocycles. The van der Waals surface area contributed by atoms with Gasteiger partial charge in [0.05, 0.1) is 5.69 Å². The molecule has 136 valence electrons. The van der Waals surface area contributed by atoms with Crippen molar-refractivity contribution in [1.29, 1.82) is 5.26 Å². The highest BCUT2D eigenvalue weighted by Gasteiger charge is 2.20. The molecule has 7 heteroatoms. The van der Waals surface area contributed by atoms with Crippen LogP contribution in [0.4, 0.5) is 5.69 Å². The molecule has 0 radical (unpaired) electrons. The summed E-state index contributed by atoms with van der Waals surface area (Å²) in [6.45, 7) is 1.91. The van der Waals surface area contributed by atoms with Crippen molar-refractivity contribution >= 4 is 33.1 Å². The summed E-state index contributed by atoms with van der Waals surface area (Å²) in [6, 6.07) is 21.1. The van der Waals surface area contributed by atoms with Gasteiger partial charge in [-0.25, -0.2) is 8.42 Å². The van der Waals surface area contributed by atoms with E-state index in [0.717, 1.165) is 4.88 Å². The Morgan fingerprint density at radius 3 is 2.44 bits per heavy atom. The minimum Gasteiger partial charge on any atom is -0.455 e. The van der Waals surface area contributed by atoms with E-state index < -0.39 is 10.0 Å². The number of thiophene rings is 1. The Labute approximate surface area is 162 Å². The third kappa shape index (κ3) is 4.76. The monoisotopic (exact) mass is 396 g/mol. The van der Waals surface area contributed by atoms with E-state index in [9.17, 15) is 13.7 Å². The Hall–Kier alpha value is -3.08. The van der Waals surface area contributed by atoms with E-state index in [2.05, 4.69) is 4.72 Å². The van der Waals surface area contributed by atoms with Crippen LogP contribution in [0.3, 0.4) is 0 Å². The number of benzene rings is 2. The molecule has 0 bridgehead atoms. The maximum Gasteiger partial charge on any atom is 0.272 e. The molecule has 0 fully saturated rings. The van der Waals surface area contributed by atoms with Gasteiger partial charge in [-0.1, -0.05) is 30.3 Å². The molecule has 3 rings (SSSR count). The number of nitrogens with zero attached hydrogens (tertiary/aromatic N) is 1. The minimum absolute atomic E-state index is 0.255. The molecular formula is C20H16N2O3S2. The summed E-state index contributed by atoms with van der Waals surface area (Å²) in [5.74, 6) is 0.922. The summed E-state index contributed by atoms with van der Waals surface area (Å²) in [5, 5.41) is 9.35. The zero-order valence-electron chi connectivity index (χ0n) is 14.4. The normalized spacial score (nSPS) is 11.6. The number of sulfonamides is 1. The maximum atomic E-state index is 12.7. The molecule has 0 amide bonds. The second kappa shape index (κ2) is 8.08. The van der Waals surface area contributed by atoms with Gasteiger partial charge in [0.15, 0.2) is 10.7 Å². The highest BCUT2D eigenvalue weighted by Crippen LogP contribution is 2.31. The number of aryl methyl sites for hydroxylation is 1. The highest BCUT2D eigenvalue weighted by molar-refractivity contribution is 7.97. The average molecular weight is 396 g/mol. The quantitative estimate of drug-likeness (QED) is 0.584. The first kappa shape index (κ1) is 18.7. The second-order valence-corrected chi connectivity index (χ2v) is 8.56. The smallest absolute Gasteiger partial charge is 0.272 e. The van der Waals surface area contributed by atoms with Crippen LogP contribution in [-0.2, 0) is 10.0 Å². The van der Waals surface area contributed by atoms with Crippen molar-refractivity contribution in [2.75, 3.05) is 4.72 Å². The van der Waals surface area contributed by atoms with Gasteiger partial charge >= 0.3 is 0 Å². The molecule has 0 aliphatic carbocycles. The van der Waals surface area contributed by atoms with Gasteiger partial charge < -0.3 is 4.74 Å². The summed E-state index contributed by atoms with van der Waals surface area (Å²) in [6.07, 6.45) is 1.36. The fraction of sp³-hybridized carbons (Fsp3) is 0.0500. The molecule has 5 nitrogen and oxygen atoms in total. The second-order valence-electron chi connectivity index (χ2n) is 5.59. The molecule has 2 aromatic carbocycles. The zero-order valence-corrected chi connectivity index (χ0v) is 16.0. The number of ether oxygens (including phenoxy) is 1. The highest BCUT2D eigenvalue weighted by atomic mass is 32.2. The first-order chi connectivity index (χ1) is 13.0. The van der Waals surface area contributed by atoms with Gasteiger partial charge in [0.2, 0.25) is 0 Å². The Kier molecular flexibility index (Phi) is 5.60. The number of nitriles is 1. The fourth-order valence-electron chi connectivity index (χ4n) is 2.29. The van der Waals surface area contributed by atoms with Crippen LogP contribution in [0, 0.1) is 18.3 Å². The molecule has 1 aromatic heterocycles. The van der Waals surface area contributed by atoms with Crippen molar-refractivity contribution in [3.8, 4) is 17.6 Å². The predicted octanol–water partition coefficient (Wildman–Crippen LogP) is 5.16. The van der Waals surface area contributed by atoms with E-state index >= 15 is 0 Å². The third-order valence-corrected chi connectivity index (χ3v) is 5.76. The van der Waals surface area contributed by atoms with E-state index in [4.69, 9.17) is 4.74 Å². The summed E-state index contributed by atoms with van der Waals surface area (Å²) in [4.78, 5) is 1.37. The average Bonchev–Trinajstić information content (AvgIpc) is 3.07. The summed E-state index contributed by atoms with van der Waals surface area (Å²) in [5.41, 5.74) is 0.255. The van der Waals surface area contributed by atoms with E-state index in [0.29, 0.717) is 16.4 Å². The number of rotatable bonds is 6. The van der Waals surface area contributed by atoms with Gasteiger partial charge in [0, 0.05) is 9.75 Å². The molecule has 0 atom stereocenters. The van der Waals surface area contributed by atoms with E-state index in [1.807, 2.05) is 31.2 Å². The van der Waals surface area contributed by atoms with Crippen LogP contribution in [0.1, 0.15) is 9.75 Å². The number of anilines is 1. The van der Waals surface area contributed by atoms with Crippen molar-refractivity contribution in [2.24, 2.45) is 0 Å². The largest absolute Gasteiger partial charge is 0.455 e. The lowest BCUT2D eigenvalue weighted by atomic mass is 10.3. The third-order valence-electron chi connectivity index (χ3n) is 3.54. The van der Waals surface area contributed by atoms with Crippen molar-refractivity contribution in [3.63, 3.8) is 0 Å². The van der Waals surface area contributed by atoms with Gasteiger partial charge in [0.1, 0.15) is 11.8 Å². The zero-order chi connectivity index (χ0) is 19.3. The lowest BCUT2D eigenvalue weighted by Crippen LogP contribution is -2.14. The lowest BCUT2D eigenvalue weighted by Gasteiger charge is -2.13. The summed E-state index contributed by atoms with van der Waals surface area (Å²) < 4.78 is 33.6. The van der Waals surface area contributed by atoms with Crippen molar-refractivity contribution in [3.05, 3.63) is 81.4 Å². The van der Waals surface area contributed by atoms with Crippen LogP contribution in [0.2, 0.25) is 0 Å². The number of nitrogens with one attached hydrogen (secondary N) is 1. The molecule has 3 aromatic rings. The first-order valence-corrected chi connectivity index (χ1v) is 10.3. The Morgan fingerprint density at radius 1 is 1.07 bits per heavy atom. The van der Waals surface area contributed by atoms with Crippen molar-refractivity contribution in [1.82, 2.24) is 0 Å². The number of para-hydroxylation sites is 3. The standard InChI is InChI=1S/C20H16N2O3S2/c1-15-11-12-17(26-15)13-18(14-21)27(23,24)22-19-9-5-6-10-20(19)25-16-7-3-2-4-8-16/h2-13,22H,1H3/b18-13-. The predicted molar refractivity (Wildman–Crippen MR) is 108 cm³/mol. The van der Waals surface area contributed by atoms with Crippen molar-refractivity contribution < 1.29 is 13.2 Å². The maximum absolute atomic E-state index is 12.7. The molecule has 0 aliphatic rings. The van der Waals surface area contributed by atoms with Gasteiger partial charge in [0.25, 0.3) is 10.0 Å². The Bertz CT molecular complexity index is 1110. The molecule has 27 heavy (non-hydrogen) atoms. The van der Waals surface area contributed by atoms with Crippen LogP contribution in [0.15, 0.2) is 71.6 Å². The Balaban J connectivity index is 1.89. The van der Waals surface area contributed by atoms with Crippen LogP contribution >= 0.6 is 11.3 Å². The van der Waals surface area contributed by atoms with Gasteiger partial charge in [-0.3, -0.25) is 4.72 Å². The fourth-order valence-corrected chi connectivity index (χ4v) is 4.15. The molecular weight excluding hydrogens is 380 g/mol. The van der Waals surface area contributed by atoms with Crippen LogP contribution in [0.25, 0.3) is 6.08 Å². The first-order valence-electron chi connectivity index (χ1n) is 8.01. The topological polar surface area (TPSA) is 79.2 Å². The molecule has 0 unspecified atom stereocenters. The number of hydrogen-bond acceptors (Lipinski definition) is 5. The minimum atomic E-state index is -4.05. The van der Waals surface area contributed by atoms with Gasteiger partial charge in [-0.05, 0) is 49.4 Å². The summed E-state index contributed by atoms with van der Waals surface area (Å²) >= 11 is 1.41.